The predicted octanol–water partition coefficient (Wildman–Crippen LogP) is 11.2. The zero-order valence-electron chi connectivity index (χ0n) is 34.2. The molecule has 1 saturated carbocycles. The number of para-hydroxylation sites is 1. The third-order valence-corrected chi connectivity index (χ3v) is 13.1. The maximum absolute atomic E-state index is 6.44. The Morgan fingerprint density at radius 2 is 1.45 bits per heavy atom. The van der Waals surface area contributed by atoms with Crippen LogP contribution in [0.2, 0.25) is 0 Å². The first-order valence-electron chi connectivity index (χ1n) is 21.1. The molecule has 8 nitrogen and oxygen atoms in total. The molecule has 1 saturated heterocycles. The topological polar surface area (TPSA) is 64.9 Å². The Morgan fingerprint density at radius 1 is 0.759 bits per heavy atom. The molecular formula is C49H56BrN5O3. The number of anilines is 1. The van der Waals surface area contributed by atoms with E-state index < -0.39 is 0 Å². The fourth-order valence-corrected chi connectivity index (χ4v) is 9.09. The van der Waals surface area contributed by atoms with Gasteiger partial charge in [0.25, 0.3) is 0 Å². The normalized spacial score (nSPS) is 18.0. The van der Waals surface area contributed by atoms with E-state index in [0.29, 0.717) is 37.1 Å². The fourth-order valence-electron chi connectivity index (χ4n) is 8.74. The Hall–Kier alpha value is -4.86. The number of fused-ring (bicyclic) bond motifs is 1. The SMILES string of the molecule is Cc1c(Br)cccc1OC1CCC(CCCC(C)N2CCN(c3cccc4c(-c5ccc(OCc6ccccc6)nc5OCc5ccccc5)nn(C)c34)CC2)CC1. The minimum atomic E-state index is 0.341. The molecule has 0 N–H and O–H groups in total. The van der Waals surface area contributed by atoms with E-state index in [-0.39, 0.29) is 0 Å². The summed E-state index contributed by atoms with van der Waals surface area (Å²) in [5.41, 5.74) is 7.42. The minimum Gasteiger partial charge on any atom is -0.490 e. The fraction of sp³-hybridized carbons (Fsp3) is 0.388. The summed E-state index contributed by atoms with van der Waals surface area (Å²) in [6.07, 6.45) is 9.10. The summed E-state index contributed by atoms with van der Waals surface area (Å²) < 4.78 is 22.1. The van der Waals surface area contributed by atoms with Gasteiger partial charge in [-0.2, -0.15) is 10.1 Å². The Morgan fingerprint density at radius 3 is 2.17 bits per heavy atom. The van der Waals surface area contributed by atoms with E-state index in [0.717, 1.165) is 88.4 Å². The molecule has 6 aromatic rings. The molecule has 0 bridgehead atoms. The molecule has 58 heavy (non-hydrogen) atoms. The first-order valence-corrected chi connectivity index (χ1v) is 21.9. The van der Waals surface area contributed by atoms with Crippen LogP contribution >= 0.6 is 15.9 Å². The van der Waals surface area contributed by atoms with Gasteiger partial charge < -0.3 is 19.1 Å². The second-order valence-corrected chi connectivity index (χ2v) is 17.0. The zero-order valence-corrected chi connectivity index (χ0v) is 35.7. The van der Waals surface area contributed by atoms with Gasteiger partial charge in [-0.3, -0.25) is 9.58 Å². The highest BCUT2D eigenvalue weighted by Gasteiger charge is 2.27. The lowest BCUT2D eigenvalue weighted by Crippen LogP contribution is -2.49. The maximum atomic E-state index is 6.44. The third-order valence-electron chi connectivity index (χ3n) is 12.2. The number of aryl methyl sites for hydroxylation is 1. The molecule has 9 heteroatoms. The lowest BCUT2D eigenvalue weighted by atomic mass is 9.84. The van der Waals surface area contributed by atoms with Gasteiger partial charge in [0.2, 0.25) is 11.8 Å². The molecule has 4 aromatic carbocycles. The van der Waals surface area contributed by atoms with Crippen molar-refractivity contribution < 1.29 is 14.2 Å². The number of benzene rings is 4. The van der Waals surface area contributed by atoms with E-state index >= 15 is 0 Å². The Labute approximate surface area is 352 Å². The first kappa shape index (κ1) is 39.9. The molecule has 8 rings (SSSR count). The number of nitrogens with zero attached hydrogens (tertiary/aromatic N) is 5. The number of hydrogen-bond donors (Lipinski definition) is 0. The monoisotopic (exact) mass is 841 g/mol. The van der Waals surface area contributed by atoms with E-state index in [1.54, 1.807) is 0 Å². The molecule has 0 spiro atoms. The van der Waals surface area contributed by atoms with Crippen molar-refractivity contribution in [1.82, 2.24) is 19.7 Å². The number of hydrogen-bond acceptors (Lipinski definition) is 7. The van der Waals surface area contributed by atoms with E-state index in [4.69, 9.17) is 24.3 Å². The largest absolute Gasteiger partial charge is 0.490 e. The molecule has 1 unspecified atom stereocenters. The van der Waals surface area contributed by atoms with Gasteiger partial charge in [-0.25, -0.2) is 0 Å². The van der Waals surface area contributed by atoms with Gasteiger partial charge in [0, 0.05) is 60.8 Å². The van der Waals surface area contributed by atoms with Crippen LogP contribution in [0.1, 0.15) is 68.6 Å². The number of pyridine rings is 1. The predicted molar refractivity (Wildman–Crippen MR) is 238 cm³/mol. The van der Waals surface area contributed by atoms with Crippen LogP contribution in [0.5, 0.6) is 17.5 Å². The van der Waals surface area contributed by atoms with Crippen LogP contribution in [0.3, 0.4) is 0 Å². The Kier molecular flexibility index (Phi) is 13.0. The van der Waals surface area contributed by atoms with Crippen LogP contribution in [-0.2, 0) is 20.3 Å². The number of halogens is 1. The summed E-state index contributed by atoms with van der Waals surface area (Å²) in [4.78, 5) is 10.1. The molecule has 0 radical (unpaired) electrons. The summed E-state index contributed by atoms with van der Waals surface area (Å²) in [5.74, 6) is 2.88. The van der Waals surface area contributed by atoms with Crippen LogP contribution in [-0.4, -0.2) is 58.0 Å². The van der Waals surface area contributed by atoms with Crippen LogP contribution in [0.25, 0.3) is 22.2 Å². The van der Waals surface area contributed by atoms with E-state index in [1.165, 1.54) is 43.4 Å². The molecule has 2 aromatic heterocycles. The van der Waals surface area contributed by atoms with Gasteiger partial charge in [0.05, 0.1) is 22.9 Å². The van der Waals surface area contributed by atoms with Crippen molar-refractivity contribution in [3.63, 3.8) is 0 Å². The summed E-state index contributed by atoms with van der Waals surface area (Å²) >= 11 is 3.65. The van der Waals surface area contributed by atoms with Gasteiger partial charge in [0.1, 0.15) is 24.7 Å². The van der Waals surface area contributed by atoms with Crippen LogP contribution in [0.15, 0.2) is 114 Å². The second-order valence-electron chi connectivity index (χ2n) is 16.1. The Balaban J connectivity index is 0.883. The van der Waals surface area contributed by atoms with Gasteiger partial charge in [-0.05, 0) is 87.3 Å². The Bertz CT molecular complexity index is 2250. The zero-order chi connectivity index (χ0) is 39.8. The van der Waals surface area contributed by atoms with Gasteiger partial charge >= 0.3 is 0 Å². The minimum absolute atomic E-state index is 0.341. The summed E-state index contributed by atoms with van der Waals surface area (Å²) in [6, 6.07) is 37.7. The number of aromatic nitrogens is 3. The smallest absolute Gasteiger partial charge is 0.226 e. The lowest BCUT2D eigenvalue weighted by Gasteiger charge is -2.39. The van der Waals surface area contributed by atoms with Crippen LogP contribution in [0.4, 0.5) is 5.69 Å². The van der Waals surface area contributed by atoms with Crippen LogP contribution < -0.4 is 19.1 Å². The van der Waals surface area contributed by atoms with Crippen molar-refractivity contribution in [2.75, 3.05) is 31.1 Å². The molecule has 3 heterocycles. The van der Waals surface area contributed by atoms with E-state index in [1.807, 2.05) is 60.3 Å². The highest BCUT2D eigenvalue weighted by molar-refractivity contribution is 9.10. The third kappa shape index (κ3) is 9.53. The van der Waals surface area contributed by atoms with Crippen molar-refractivity contribution in [3.8, 4) is 28.8 Å². The second kappa shape index (κ2) is 18.8. The quantitative estimate of drug-likeness (QED) is 0.102. The van der Waals surface area contributed by atoms with Crippen molar-refractivity contribution in [1.29, 1.82) is 0 Å². The molecule has 2 fully saturated rings. The molecule has 0 amide bonds. The summed E-state index contributed by atoms with van der Waals surface area (Å²) in [7, 11) is 2.05. The van der Waals surface area contributed by atoms with E-state index in [2.05, 4.69) is 100 Å². The highest BCUT2D eigenvalue weighted by atomic mass is 79.9. The summed E-state index contributed by atoms with van der Waals surface area (Å²) in [6.45, 7) is 9.49. The van der Waals surface area contributed by atoms with Gasteiger partial charge in [-0.15, -0.1) is 0 Å². The molecular weight excluding hydrogens is 786 g/mol. The average Bonchev–Trinajstić information content (AvgIpc) is 3.61. The van der Waals surface area contributed by atoms with Crippen LogP contribution in [0, 0.1) is 12.8 Å². The highest BCUT2D eigenvalue weighted by Crippen LogP contribution is 2.39. The summed E-state index contributed by atoms with van der Waals surface area (Å²) in [5, 5.41) is 6.20. The van der Waals surface area contributed by atoms with Crippen molar-refractivity contribution in [2.45, 2.75) is 84.2 Å². The maximum Gasteiger partial charge on any atom is 0.226 e. The van der Waals surface area contributed by atoms with Gasteiger partial charge in [0.15, 0.2) is 0 Å². The molecule has 302 valence electrons. The first-order chi connectivity index (χ1) is 28.4. The molecule has 1 aliphatic heterocycles. The molecule has 2 aliphatic rings. The van der Waals surface area contributed by atoms with Crippen molar-refractivity contribution >= 4 is 32.5 Å². The molecule has 1 atom stereocenters. The number of ether oxygens (including phenoxy) is 3. The number of piperazine rings is 1. The lowest BCUT2D eigenvalue weighted by molar-refractivity contribution is 0.124. The average molecular weight is 843 g/mol. The molecule has 1 aliphatic carbocycles. The van der Waals surface area contributed by atoms with E-state index in [9.17, 15) is 0 Å². The standard InChI is InChI=1S/C49H56BrN5O3/c1-35(13-10-18-37-23-25-40(26-24-37)58-45-22-12-20-43(50)36(45)2)54-29-31-55(32-30-54)44-21-11-19-41-47(52-53(3)48(41)44)42-27-28-46(56-33-38-14-6-4-7-15-38)51-49(42)57-34-39-16-8-5-9-17-39/h4-9,11-12,14-17,19-22,27-28,35,37,40H,10,13,18,23-26,29-34H2,1-3H3. The number of rotatable bonds is 15. The van der Waals surface area contributed by atoms with Gasteiger partial charge in [-0.1, -0.05) is 108 Å². The van der Waals surface area contributed by atoms with Crippen molar-refractivity contribution in [2.24, 2.45) is 13.0 Å². The van der Waals surface area contributed by atoms with Crippen molar-refractivity contribution in [3.05, 3.63) is 130 Å².